The molecule has 0 bridgehead atoms. The first-order valence-corrected chi connectivity index (χ1v) is 9.06. The summed E-state index contributed by atoms with van der Waals surface area (Å²) in [6.45, 7) is 2.62. The topological polar surface area (TPSA) is 106 Å². The molecule has 1 unspecified atom stereocenters. The lowest BCUT2D eigenvalue weighted by Crippen LogP contribution is -2.25. The third-order valence-corrected chi connectivity index (χ3v) is 4.26. The maximum absolute atomic E-state index is 12.0. The number of carbonyl (C=O) groups excluding carboxylic acids is 1. The van der Waals surface area contributed by atoms with E-state index in [0.29, 0.717) is 17.9 Å². The molecule has 23 heavy (non-hydrogen) atoms. The van der Waals surface area contributed by atoms with Gasteiger partial charge in [0.25, 0.3) is 0 Å². The summed E-state index contributed by atoms with van der Waals surface area (Å²) in [6, 6.07) is 5.10. The van der Waals surface area contributed by atoms with Crippen molar-refractivity contribution in [1.29, 1.82) is 0 Å². The highest BCUT2D eigenvalue weighted by Gasteiger charge is 2.30. The fourth-order valence-electron chi connectivity index (χ4n) is 2.76. The Balaban J connectivity index is 2.03. The van der Waals surface area contributed by atoms with Crippen molar-refractivity contribution in [3.63, 3.8) is 0 Å². The Morgan fingerprint density at radius 1 is 1.43 bits per heavy atom. The average Bonchev–Trinajstić information content (AvgIpc) is 2.92. The quantitative estimate of drug-likeness (QED) is 0.871. The summed E-state index contributed by atoms with van der Waals surface area (Å²) in [5, 5.41) is 6.94. The number of fused-ring (bicyclic) bond motifs is 1. The number of nitrogens with zero attached hydrogens (tertiary/aromatic N) is 3. The van der Waals surface area contributed by atoms with Crippen molar-refractivity contribution in [3.8, 4) is 0 Å². The van der Waals surface area contributed by atoms with Gasteiger partial charge in [-0.2, -0.15) is 5.10 Å². The molecular weight excluding hydrogens is 318 g/mol. The van der Waals surface area contributed by atoms with Crippen molar-refractivity contribution in [2.24, 2.45) is 0 Å². The van der Waals surface area contributed by atoms with Crippen LogP contribution in [0, 0.1) is 0 Å². The smallest absolute Gasteiger partial charge is 0.229 e. The highest BCUT2D eigenvalue weighted by molar-refractivity contribution is 7.92. The number of carbonyl (C=O) groups is 1. The minimum atomic E-state index is -3.37. The maximum atomic E-state index is 12.0. The van der Waals surface area contributed by atoms with Crippen molar-refractivity contribution in [1.82, 2.24) is 14.8 Å². The van der Waals surface area contributed by atoms with Gasteiger partial charge in [0.2, 0.25) is 15.9 Å². The van der Waals surface area contributed by atoms with E-state index in [4.69, 9.17) is 0 Å². The van der Waals surface area contributed by atoms with E-state index >= 15 is 0 Å². The summed E-state index contributed by atoms with van der Waals surface area (Å²) in [5.74, 6) is 0.394. The number of sulfonamides is 1. The third kappa shape index (κ3) is 3.19. The normalized spacial score (nSPS) is 17.5. The van der Waals surface area contributed by atoms with Crippen LogP contribution in [-0.2, 0) is 21.4 Å². The van der Waals surface area contributed by atoms with Gasteiger partial charge in [0, 0.05) is 18.7 Å². The number of amides is 1. The zero-order valence-electron chi connectivity index (χ0n) is 12.8. The standard InChI is InChI=1S/C14H17N5O3S/c1-3-19-14(15-8-16-19)11-7-13(20)17-12-6-9(4-5-10(11)12)18-23(2,21)22/h4-6,8,11,18H,3,7H2,1-2H3,(H,17,20). The molecule has 1 aliphatic heterocycles. The van der Waals surface area contributed by atoms with E-state index in [1.807, 2.05) is 13.0 Å². The number of aryl methyl sites for hydroxylation is 1. The second-order valence-corrected chi connectivity index (χ2v) is 7.16. The molecule has 0 radical (unpaired) electrons. The van der Waals surface area contributed by atoms with Crippen molar-refractivity contribution in [2.45, 2.75) is 25.8 Å². The van der Waals surface area contributed by atoms with Gasteiger partial charge in [-0.25, -0.2) is 18.1 Å². The fourth-order valence-corrected chi connectivity index (χ4v) is 3.31. The first kappa shape index (κ1) is 15.5. The average molecular weight is 335 g/mol. The Morgan fingerprint density at radius 2 is 2.22 bits per heavy atom. The van der Waals surface area contributed by atoms with Crippen LogP contribution in [0.1, 0.15) is 30.7 Å². The highest BCUT2D eigenvalue weighted by Crippen LogP contribution is 2.37. The van der Waals surface area contributed by atoms with Crippen LogP contribution in [0.3, 0.4) is 0 Å². The molecule has 122 valence electrons. The maximum Gasteiger partial charge on any atom is 0.229 e. The highest BCUT2D eigenvalue weighted by atomic mass is 32.2. The van der Waals surface area contributed by atoms with Gasteiger partial charge >= 0.3 is 0 Å². The molecule has 3 rings (SSSR count). The molecule has 0 spiro atoms. The monoisotopic (exact) mass is 335 g/mol. The molecular formula is C14H17N5O3S. The summed E-state index contributed by atoms with van der Waals surface area (Å²) in [4.78, 5) is 16.3. The molecule has 1 aromatic carbocycles. The number of aromatic nitrogens is 3. The molecule has 1 amide bonds. The van der Waals surface area contributed by atoms with Crippen LogP contribution in [0.5, 0.6) is 0 Å². The molecule has 8 nitrogen and oxygen atoms in total. The zero-order valence-corrected chi connectivity index (χ0v) is 13.6. The minimum Gasteiger partial charge on any atom is -0.326 e. The van der Waals surface area contributed by atoms with Crippen molar-refractivity contribution in [2.75, 3.05) is 16.3 Å². The molecule has 2 N–H and O–H groups in total. The van der Waals surface area contributed by atoms with E-state index in [-0.39, 0.29) is 18.2 Å². The van der Waals surface area contributed by atoms with Gasteiger partial charge in [-0.3, -0.25) is 9.52 Å². The summed E-state index contributed by atoms with van der Waals surface area (Å²) >= 11 is 0. The number of hydrogen-bond donors (Lipinski definition) is 2. The van der Waals surface area contributed by atoms with Crippen LogP contribution in [0.25, 0.3) is 0 Å². The van der Waals surface area contributed by atoms with E-state index in [2.05, 4.69) is 20.1 Å². The molecule has 2 heterocycles. The summed E-state index contributed by atoms with van der Waals surface area (Å²) in [7, 11) is -3.37. The lowest BCUT2D eigenvalue weighted by molar-refractivity contribution is -0.116. The second-order valence-electron chi connectivity index (χ2n) is 5.42. The van der Waals surface area contributed by atoms with Crippen LogP contribution in [0.2, 0.25) is 0 Å². The summed E-state index contributed by atoms with van der Waals surface area (Å²) in [5.41, 5.74) is 1.89. The van der Waals surface area contributed by atoms with Crippen molar-refractivity contribution >= 4 is 27.3 Å². The number of anilines is 2. The van der Waals surface area contributed by atoms with Crippen LogP contribution in [0.15, 0.2) is 24.5 Å². The molecule has 9 heteroatoms. The molecule has 1 aromatic heterocycles. The minimum absolute atomic E-state index is 0.135. The lowest BCUT2D eigenvalue weighted by Gasteiger charge is -2.25. The van der Waals surface area contributed by atoms with Gasteiger partial charge in [-0.15, -0.1) is 0 Å². The Bertz CT molecular complexity index is 859. The van der Waals surface area contributed by atoms with E-state index in [0.717, 1.165) is 17.6 Å². The van der Waals surface area contributed by atoms with Crippen LogP contribution in [0.4, 0.5) is 11.4 Å². The first-order chi connectivity index (χ1) is 10.9. The van der Waals surface area contributed by atoms with E-state index in [1.54, 1.807) is 16.8 Å². The summed E-state index contributed by atoms with van der Waals surface area (Å²) < 4.78 is 26.9. The SMILES string of the molecule is CCn1ncnc1C1CC(=O)Nc2cc(NS(C)(=O)=O)ccc21. The Labute approximate surface area is 134 Å². The van der Waals surface area contributed by atoms with Crippen molar-refractivity contribution < 1.29 is 13.2 Å². The number of nitrogens with one attached hydrogen (secondary N) is 2. The van der Waals surface area contributed by atoms with Gasteiger partial charge in [0.05, 0.1) is 17.9 Å². The number of benzene rings is 1. The Kier molecular flexibility index (Phi) is 3.80. The van der Waals surface area contributed by atoms with Crippen LogP contribution in [-0.4, -0.2) is 35.3 Å². The third-order valence-electron chi connectivity index (χ3n) is 3.65. The van der Waals surface area contributed by atoms with Crippen LogP contribution >= 0.6 is 0 Å². The first-order valence-electron chi connectivity index (χ1n) is 7.16. The molecule has 0 fully saturated rings. The second kappa shape index (κ2) is 5.65. The fraction of sp³-hybridized carbons (Fsp3) is 0.357. The molecule has 0 saturated heterocycles. The van der Waals surface area contributed by atoms with Crippen molar-refractivity contribution in [3.05, 3.63) is 35.9 Å². The molecule has 0 saturated carbocycles. The van der Waals surface area contributed by atoms with E-state index in [9.17, 15) is 13.2 Å². The predicted octanol–water partition coefficient (Wildman–Crippen LogP) is 1.14. The Hall–Kier alpha value is -2.42. The van der Waals surface area contributed by atoms with E-state index < -0.39 is 10.0 Å². The van der Waals surface area contributed by atoms with E-state index in [1.165, 1.54) is 6.33 Å². The van der Waals surface area contributed by atoms with Gasteiger partial charge in [0.15, 0.2) is 0 Å². The van der Waals surface area contributed by atoms with Crippen LogP contribution < -0.4 is 10.0 Å². The van der Waals surface area contributed by atoms with Gasteiger partial charge in [0.1, 0.15) is 12.2 Å². The summed E-state index contributed by atoms with van der Waals surface area (Å²) in [6.07, 6.45) is 2.84. The number of rotatable bonds is 4. The largest absolute Gasteiger partial charge is 0.326 e. The zero-order chi connectivity index (χ0) is 16.6. The van der Waals surface area contributed by atoms with Gasteiger partial charge in [-0.1, -0.05) is 6.07 Å². The van der Waals surface area contributed by atoms with Gasteiger partial charge < -0.3 is 5.32 Å². The molecule has 0 aliphatic carbocycles. The molecule has 2 aromatic rings. The predicted molar refractivity (Wildman–Crippen MR) is 85.7 cm³/mol. The van der Waals surface area contributed by atoms with Gasteiger partial charge in [-0.05, 0) is 24.6 Å². The lowest BCUT2D eigenvalue weighted by atomic mass is 9.89. The number of hydrogen-bond acceptors (Lipinski definition) is 5. The molecule has 1 atom stereocenters. The molecule has 1 aliphatic rings. The Morgan fingerprint density at radius 3 is 2.91 bits per heavy atom.